The molecule has 0 saturated heterocycles. The van der Waals surface area contributed by atoms with Crippen LogP contribution in [0.2, 0.25) is 0 Å². The molecule has 0 spiro atoms. The molecule has 2 N–H and O–H groups in total. The van der Waals surface area contributed by atoms with Gasteiger partial charge in [0.2, 0.25) is 0 Å². The predicted molar refractivity (Wildman–Crippen MR) is 49.2 cm³/mol. The van der Waals surface area contributed by atoms with Gasteiger partial charge in [-0.15, -0.1) is 0 Å². The highest BCUT2D eigenvalue weighted by Crippen LogP contribution is 2.25. The minimum absolute atomic E-state index is 0.0152. The van der Waals surface area contributed by atoms with Crippen LogP contribution in [0.4, 0.5) is 5.82 Å². The first-order chi connectivity index (χ1) is 6.27. The number of carbonyl (C=O) groups excluding carboxylic acids is 1. The normalized spacial score (nSPS) is 23.4. The number of nitrogens with zero attached hydrogens (tertiary/aromatic N) is 2. The first-order valence-corrected chi connectivity index (χ1v) is 4.59. The number of imidazole rings is 1. The molecule has 4 heteroatoms. The Morgan fingerprint density at radius 3 is 3.00 bits per heavy atom. The summed E-state index contributed by atoms with van der Waals surface area (Å²) in [6, 6.07) is -0.0152. The number of hydrogen-bond acceptors (Lipinski definition) is 3. The average Bonchev–Trinajstić information content (AvgIpc) is 2.53. The van der Waals surface area contributed by atoms with Crippen LogP contribution in [-0.2, 0) is 4.79 Å². The number of ketones is 1. The molecule has 1 saturated carbocycles. The first-order valence-electron chi connectivity index (χ1n) is 4.59. The van der Waals surface area contributed by atoms with Crippen LogP contribution in [0, 0.1) is 0 Å². The van der Waals surface area contributed by atoms with Gasteiger partial charge in [0, 0.05) is 12.6 Å². The Bertz CT molecular complexity index is 318. The van der Waals surface area contributed by atoms with Crippen LogP contribution in [0.3, 0.4) is 0 Å². The van der Waals surface area contributed by atoms with Gasteiger partial charge >= 0.3 is 0 Å². The van der Waals surface area contributed by atoms with Crippen LogP contribution in [0.5, 0.6) is 0 Å². The second kappa shape index (κ2) is 3.20. The van der Waals surface area contributed by atoms with Crippen molar-refractivity contribution in [1.82, 2.24) is 9.55 Å². The van der Waals surface area contributed by atoms with Crippen LogP contribution in [0.15, 0.2) is 12.5 Å². The van der Waals surface area contributed by atoms with Gasteiger partial charge in [-0.1, -0.05) is 6.42 Å². The lowest BCUT2D eigenvalue weighted by Crippen LogP contribution is -2.21. The molecule has 0 aliphatic heterocycles. The molecule has 4 nitrogen and oxygen atoms in total. The number of hydrogen-bond donors (Lipinski definition) is 1. The summed E-state index contributed by atoms with van der Waals surface area (Å²) in [6.07, 6.45) is 7.14. The highest BCUT2D eigenvalue weighted by atomic mass is 16.1. The maximum Gasteiger partial charge on any atom is 0.155 e. The number of aromatic nitrogens is 2. The van der Waals surface area contributed by atoms with Crippen LogP contribution in [-0.4, -0.2) is 15.3 Å². The zero-order valence-corrected chi connectivity index (χ0v) is 7.44. The summed E-state index contributed by atoms with van der Waals surface area (Å²) in [5.74, 6) is 0.794. The standard InChI is InChI=1S/C9H13N3O/c10-9-5-12(6-11-9)7-3-1-2-4-8(7)13/h5-7H,1-4,10H2. The lowest BCUT2D eigenvalue weighted by Gasteiger charge is -2.21. The third-order valence-electron chi connectivity index (χ3n) is 2.50. The molecule has 0 bridgehead atoms. The number of rotatable bonds is 1. The zero-order valence-electron chi connectivity index (χ0n) is 7.44. The van der Waals surface area contributed by atoms with Crippen molar-refractivity contribution in [3.05, 3.63) is 12.5 Å². The fourth-order valence-electron chi connectivity index (χ4n) is 1.80. The van der Waals surface area contributed by atoms with Crippen molar-refractivity contribution >= 4 is 11.6 Å². The number of nitrogen functional groups attached to an aromatic ring is 1. The second-order valence-electron chi connectivity index (χ2n) is 3.47. The summed E-state index contributed by atoms with van der Waals surface area (Å²) >= 11 is 0. The maximum absolute atomic E-state index is 11.5. The van der Waals surface area contributed by atoms with Gasteiger partial charge in [-0.2, -0.15) is 0 Å². The highest BCUT2D eigenvalue weighted by molar-refractivity contribution is 5.83. The summed E-state index contributed by atoms with van der Waals surface area (Å²) in [6.45, 7) is 0. The fraction of sp³-hybridized carbons (Fsp3) is 0.556. The first kappa shape index (κ1) is 8.29. The van der Waals surface area contributed by atoms with Gasteiger partial charge in [0.25, 0.3) is 0 Å². The van der Waals surface area contributed by atoms with E-state index in [1.54, 1.807) is 12.5 Å². The molecule has 1 aliphatic rings. The van der Waals surface area contributed by atoms with Crippen LogP contribution in [0.1, 0.15) is 31.7 Å². The van der Waals surface area contributed by atoms with Crippen LogP contribution >= 0.6 is 0 Å². The summed E-state index contributed by atoms with van der Waals surface area (Å²) in [5, 5.41) is 0. The van der Waals surface area contributed by atoms with Crippen molar-refractivity contribution in [1.29, 1.82) is 0 Å². The van der Waals surface area contributed by atoms with Gasteiger partial charge < -0.3 is 10.3 Å². The van der Waals surface area contributed by atoms with Gasteiger partial charge in [-0.3, -0.25) is 4.79 Å². The summed E-state index contributed by atoms with van der Waals surface area (Å²) in [5.41, 5.74) is 5.49. The van der Waals surface area contributed by atoms with Crippen molar-refractivity contribution in [3.8, 4) is 0 Å². The molecule has 1 aliphatic carbocycles. The van der Waals surface area contributed by atoms with Crippen molar-refractivity contribution in [2.24, 2.45) is 0 Å². The molecule has 1 aromatic rings. The van der Waals surface area contributed by atoms with Gasteiger partial charge in [-0.05, 0) is 12.8 Å². The summed E-state index contributed by atoms with van der Waals surface area (Å²) < 4.78 is 1.83. The van der Waals surface area contributed by atoms with Gasteiger partial charge in [-0.25, -0.2) is 4.98 Å². The minimum Gasteiger partial charge on any atom is -0.382 e. The van der Waals surface area contributed by atoms with Crippen molar-refractivity contribution < 1.29 is 4.79 Å². The number of carbonyl (C=O) groups is 1. The molecule has 1 atom stereocenters. The third kappa shape index (κ3) is 1.56. The van der Waals surface area contributed by atoms with E-state index >= 15 is 0 Å². The Hall–Kier alpha value is -1.32. The Labute approximate surface area is 76.8 Å². The van der Waals surface area contributed by atoms with E-state index in [-0.39, 0.29) is 6.04 Å². The zero-order chi connectivity index (χ0) is 9.26. The molecule has 2 rings (SSSR count). The summed E-state index contributed by atoms with van der Waals surface area (Å²) in [7, 11) is 0. The Morgan fingerprint density at radius 1 is 1.54 bits per heavy atom. The largest absolute Gasteiger partial charge is 0.382 e. The van der Waals surface area contributed by atoms with E-state index in [0.717, 1.165) is 19.3 Å². The number of anilines is 1. The smallest absolute Gasteiger partial charge is 0.155 e. The SMILES string of the molecule is Nc1cn(C2CCCCC2=O)cn1. The molecular formula is C9H13N3O. The van der Waals surface area contributed by atoms with E-state index in [4.69, 9.17) is 5.73 Å². The van der Waals surface area contributed by atoms with E-state index in [1.807, 2.05) is 4.57 Å². The Kier molecular flexibility index (Phi) is 2.04. The fourth-order valence-corrected chi connectivity index (χ4v) is 1.80. The Balaban J connectivity index is 2.19. The lowest BCUT2D eigenvalue weighted by atomic mass is 9.94. The molecule has 0 amide bonds. The van der Waals surface area contributed by atoms with Gasteiger partial charge in [0.15, 0.2) is 5.78 Å². The van der Waals surface area contributed by atoms with Crippen LogP contribution < -0.4 is 5.73 Å². The second-order valence-corrected chi connectivity index (χ2v) is 3.47. The highest BCUT2D eigenvalue weighted by Gasteiger charge is 2.23. The number of nitrogens with two attached hydrogens (primary N) is 1. The molecule has 1 fully saturated rings. The van der Waals surface area contributed by atoms with Crippen molar-refractivity contribution in [2.75, 3.05) is 5.73 Å². The molecular weight excluding hydrogens is 166 g/mol. The molecule has 1 aromatic heterocycles. The number of Topliss-reactive ketones (excluding diaryl/α,β-unsaturated/α-hetero) is 1. The molecule has 1 heterocycles. The van der Waals surface area contributed by atoms with E-state index in [9.17, 15) is 4.79 Å². The van der Waals surface area contributed by atoms with E-state index < -0.39 is 0 Å². The molecule has 70 valence electrons. The molecule has 13 heavy (non-hydrogen) atoms. The minimum atomic E-state index is -0.0152. The molecule has 0 radical (unpaired) electrons. The average molecular weight is 179 g/mol. The lowest BCUT2D eigenvalue weighted by molar-refractivity contribution is -0.123. The van der Waals surface area contributed by atoms with E-state index in [2.05, 4.69) is 4.98 Å². The van der Waals surface area contributed by atoms with E-state index in [1.165, 1.54) is 0 Å². The monoisotopic (exact) mass is 179 g/mol. The van der Waals surface area contributed by atoms with E-state index in [0.29, 0.717) is 18.0 Å². The predicted octanol–water partition coefficient (Wildman–Crippen LogP) is 1.15. The molecule has 0 aromatic carbocycles. The van der Waals surface area contributed by atoms with Crippen molar-refractivity contribution in [2.45, 2.75) is 31.7 Å². The quantitative estimate of drug-likeness (QED) is 0.703. The Morgan fingerprint density at radius 2 is 2.38 bits per heavy atom. The molecule has 1 unspecified atom stereocenters. The maximum atomic E-state index is 11.5. The summed E-state index contributed by atoms with van der Waals surface area (Å²) in [4.78, 5) is 15.4. The van der Waals surface area contributed by atoms with Gasteiger partial charge in [0.1, 0.15) is 5.82 Å². The third-order valence-corrected chi connectivity index (χ3v) is 2.50. The van der Waals surface area contributed by atoms with Crippen LogP contribution in [0.25, 0.3) is 0 Å². The van der Waals surface area contributed by atoms with Gasteiger partial charge in [0.05, 0.1) is 12.4 Å². The topological polar surface area (TPSA) is 60.9 Å². The van der Waals surface area contributed by atoms with Crippen molar-refractivity contribution in [3.63, 3.8) is 0 Å².